The zero-order chi connectivity index (χ0) is 11.1. The number of rotatable bonds is 1. The van der Waals surface area contributed by atoms with Gasteiger partial charge >= 0.3 is 0 Å². The number of hydrogen-bond donors (Lipinski definition) is 1. The van der Waals surface area contributed by atoms with Crippen molar-refractivity contribution in [1.29, 1.82) is 0 Å². The third kappa shape index (κ3) is 1.52. The predicted molar refractivity (Wildman–Crippen MR) is 68.3 cm³/mol. The molecule has 0 aliphatic rings. The maximum absolute atomic E-state index is 9.35. The van der Waals surface area contributed by atoms with E-state index in [1.165, 1.54) is 11.3 Å². The number of hydrogen-bond acceptors (Lipinski definition) is 3. The van der Waals surface area contributed by atoms with E-state index >= 15 is 0 Å². The van der Waals surface area contributed by atoms with E-state index in [0.717, 1.165) is 20.5 Å². The Balaban J connectivity index is 2.27. The number of fused-ring (bicyclic) bond motifs is 1. The summed E-state index contributed by atoms with van der Waals surface area (Å²) in [5, 5.41) is 12.0. The molecule has 0 aliphatic heterocycles. The largest absolute Gasteiger partial charge is 0.507 e. The van der Waals surface area contributed by atoms with E-state index < -0.39 is 0 Å². The van der Waals surface area contributed by atoms with Gasteiger partial charge in [-0.15, -0.1) is 11.3 Å². The van der Waals surface area contributed by atoms with Gasteiger partial charge in [-0.25, -0.2) is 4.98 Å². The minimum Gasteiger partial charge on any atom is -0.507 e. The molecule has 1 N–H and O–H groups in total. The topological polar surface area (TPSA) is 38.0 Å². The summed E-state index contributed by atoms with van der Waals surface area (Å²) in [7, 11) is 0. The molecule has 0 atom stereocenters. The summed E-state index contributed by atoms with van der Waals surface area (Å²) in [4.78, 5) is 4.31. The van der Waals surface area contributed by atoms with Gasteiger partial charge in [0, 0.05) is 15.9 Å². The molecule has 3 rings (SSSR count). The van der Waals surface area contributed by atoms with Crippen LogP contribution in [0.1, 0.15) is 0 Å². The van der Waals surface area contributed by atoms with Crippen LogP contribution in [0.25, 0.3) is 16.0 Å². The molecule has 16 heavy (non-hydrogen) atoms. The molecule has 0 saturated heterocycles. The summed E-state index contributed by atoms with van der Waals surface area (Å²) in [6.45, 7) is 0. The first-order chi connectivity index (χ1) is 7.74. The fourth-order valence-corrected chi connectivity index (χ4v) is 2.70. The maximum atomic E-state index is 9.35. The molecule has 0 spiro atoms. The normalized spacial score (nSPS) is 11.1. The molecule has 3 nitrogen and oxygen atoms in total. The summed E-state index contributed by atoms with van der Waals surface area (Å²) in [5.41, 5.74) is 1.97. The molecule has 0 fully saturated rings. The number of benzene rings is 1. The van der Waals surface area contributed by atoms with Crippen molar-refractivity contribution in [3.05, 3.63) is 40.4 Å². The molecule has 0 amide bonds. The molecule has 3 aromatic rings. The SMILES string of the molecule is Oc1csc(-n2cnc3ccc(Br)cc32)c1. The fourth-order valence-electron chi connectivity index (χ4n) is 1.60. The maximum Gasteiger partial charge on any atom is 0.128 e. The average Bonchev–Trinajstić information content (AvgIpc) is 2.83. The molecular weight excluding hydrogens is 288 g/mol. The second-order valence-electron chi connectivity index (χ2n) is 3.39. The van der Waals surface area contributed by atoms with E-state index in [0.29, 0.717) is 0 Å². The summed E-state index contributed by atoms with van der Waals surface area (Å²) >= 11 is 4.93. The van der Waals surface area contributed by atoms with Crippen LogP contribution < -0.4 is 0 Å². The van der Waals surface area contributed by atoms with E-state index in [1.54, 1.807) is 17.8 Å². The van der Waals surface area contributed by atoms with Crippen molar-refractivity contribution in [2.45, 2.75) is 0 Å². The third-order valence-corrected chi connectivity index (χ3v) is 3.73. The van der Waals surface area contributed by atoms with Crippen molar-refractivity contribution in [2.75, 3.05) is 0 Å². The van der Waals surface area contributed by atoms with Gasteiger partial charge in [0.15, 0.2) is 0 Å². The Morgan fingerprint density at radius 3 is 2.94 bits per heavy atom. The van der Waals surface area contributed by atoms with Gasteiger partial charge in [0.25, 0.3) is 0 Å². The van der Waals surface area contributed by atoms with Gasteiger partial charge in [-0.2, -0.15) is 0 Å². The van der Waals surface area contributed by atoms with Crippen molar-refractivity contribution in [2.24, 2.45) is 0 Å². The number of nitrogens with zero attached hydrogens (tertiary/aromatic N) is 2. The number of thiophene rings is 1. The molecular formula is C11H7BrN2OS. The molecule has 1 aromatic carbocycles. The first-order valence-corrected chi connectivity index (χ1v) is 6.32. The van der Waals surface area contributed by atoms with Crippen LogP contribution in [0, 0.1) is 0 Å². The van der Waals surface area contributed by atoms with E-state index in [4.69, 9.17) is 0 Å². The molecule has 0 aliphatic carbocycles. The third-order valence-electron chi connectivity index (χ3n) is 2.32. The molecule has 5 heteroatoms. The highest BCUT2D eigenvalue weighted by Crippen LogP contribution is 2.28. The summed E-state index contributed by atoms with van der Waals surface area (Å²) in [5.74, 6) is 0.289. The van der Waals surface area contributed by atoms with Gasteiger partial charge in [0.05, 0.1) is 11.0 Å². The molecule has 0 radical (unpaired) electrons. The summed E-state index contributed by atoms with van der Waals surface area (Å²) in [6.07, 6.45) is 1.77. The van der Waals surface area contributed by atoms with Gasteiger partial charge < -0.3 is 5.11 Å². The minimum absolute atomic E-state index is 0.289. The van der Waals surface area contributed by atoms with Gasteiger partial charge in [-0.1, -0.05) is 15.9 Å². The van der Waals surface area contributed by atoms with Gasteiger partial charge in [0.1, 0.15) is 17.1 Å². The van der Waals surface area contributed by atoms with Crippen LogP contribution >= 0.6 is 27.3 Å². The van der Waals surface area contributed by atoms with Crippen molar-refractivity contribution in [3.63, 3.8) is 0 Å². The zero-order valence-corrected chi connectivity index (χ0v) is 10.5. The molecule has 2 aromatic heterocycles. The highest BCUT2D eigenvalue weighted by atomic mass is 79.9. The van der Waals surface area contributed by atoms with Gasteiger partial charge in [0.2, 0.25) is 0 Å². The average molecular weight is 295 g/mol. The highest BCUT2D eigenvalue weighted by molar-refractivity contribution is 9.10. The first kappa shape index (κ1) is 9.86. The van der Waals surface area contributed by atoms with E-state index in [1.807, 2.05) is 22.8 Å². The molecule has 2 heterocycles. The van der Waals surface area contributed by atoms with Crippen molar-refractivity contribution in [3.8, 4) is 10.8 Å². The second-order valence-corrected chi connectivity index (χ2v) is 5.20. The lowest BCUT2D eigenvalue weighted by Crippen LogP contribution is -1.86. The quantitative estimate of drug-likeness (QED) is 0.745. The molecule has 0 bridgehead atoms. The van der Waals surface area contributed by atoms with E-state index in [2.05, 4.69) is 20.9 Å². The standard InChI is InChI=1S/C11H7BrN2OS/c12-7-1-2-9-10(3-7)14(6-13-9)11-4-8(15)5-16-11/h1-6,15H. The Hall–Kier alpha value is -1.33. The molecule has 0 unspecified atom stereocenters. The Morgan fingerprint density at radius 1 is 1.31 bits per heavy atom. The summed E-state index contributed by atoms with van der Waals surface area (Å²) in [6, 6.07) is 7.67. The zero-order valence-electron chi connectivity index (χ0n) is 8.09. The van der Waals surface area contributed by atoms with E-state index in [-0.39, 0.29) is 5.75 Å². The second kappa shape index (κ2) is 3.61. The van der Waals surface area contributed by atoms with Crippen LogP contribution in [0.15, 0.2) is 40.4 Å². The monoisotopic (exact) mass is 294 g/mol. The minimum atomic E-state index is 0.289. The van der Waals surface area contributed by atoms with Crippen LogP contribution in [-0.4, -0.2) is 14.7 Å². The smallest absolute Gasteiger partial charge is 0.128 e. The number of aromatic nitrogens is 2. The lowest BCUT2D eigenvalue weighted by molar-refractivity contribution is 0.478. The molecule has 80 valence electrons. The van der Waals surface area contributed by atoms with Crippen LogP contribution in [0.4, 0.5) is 0 Å². The lowest BCUT2D eigenvalue weighted by Gasteiger charge is -1.99. The summed E-state index contributed by atoms with van der Waals surface area (Å²) < 4.78 is 2.98. The number of aromatic hydroxyl groups is 1. The Bertz CT molecular complexity index is 659. The highest BCUT2D eigenvalue weighted by Gasteiger charge is 2.07. The Labute approximate surface area is 104 Å². The lowest BCUT2D eigenvalue weighted by atomic mass is 10.3. The van der Waals surface area contributed by atoms with Crippen LogP contribution in [0.5, 0.6) is 5.75 Å². The van der Waals surface area contributed by atoms with Crippen molar-refractivity contribution >= 4 is 38.3 Å². The first-order valence-electron chi connectivity index (χ1n) is 4.64. The van der Waals surface area contributed by atoms with Crippen molar-refractivity contribution < 1.29 is 5.11 Å². The fraction of sp³-hybridized carbons (Fsp3) is 0. The number of halogens is 1. The number of imidazole rings is 1. The van der Waals surface area contributed by atoms with Crippen LogP contribution in [-0.2, 0) is 0 Å². The van der Waals surface area contributed by atoms with Crippen LogP contribution in [0.2, 0.25) is 0 Å². The van der Waals surface area contributed by atoms with Crippen LogP contribution in [0.3, 0.4) is 0 Å². The van der Waals surface area contributed by atoms with Gasteiger partial charge in [-0.05, 0) is 18.2 Å². The Kier molecular flexibility index (Phi) is 2.22. The van der Waals surface area contributed by atoms with E-state index in [9.17, 15) is 5.11 Å². The Morgan fingerprint density at radius 2 is 2.19 bits per heavy atom. The van der Waals surface area contributed by atoms with Gasteiger partial charge in [-0.3, -0.25) is 4.57 Å². The van der Waals surface area contributed by atoms with Crippen molar-refractivity contribution in [1.82, 2.24) is 9.55 Å². The predicted octanol–water partition coefficient (Wildman–Crippen LogP) is 3.56. The molecule has 0 saturated carbocycles.